The SMILES string of the molecule is CCOC(=O)C(CC1CC1)N=C(c1ccccc1)c1ccccc1. The zero-order valence-electron chi connectivity index (χ0n) is 14.0. The largest absolute Gasteiger partial charge is 0.464 e. The van der Waals surface area contributed by atoms with E-state index in [4.69, 9.17) is 9.73 Å². The smallest absolute Gasteiger partial charge is 0.330 e. The molecule has 3 nitrogen and oxygen atoms in total. The molecule has 3 rings (SSSR count). The summed E-state index contributed by atoms with van der Waals surface area (Å²) in [5.74, 6) is 0.393. The highest BCUT2D eigenvalue weighted by molar-refractivity contribution is 6.13. The zero-order valence-corrected chi connectivity index (χ0v) is 14.0. The lowest BCUT2D eigenvalue weighted by atomic mass is 10.0. The summed E-state index contributed by atoms with van der Waals surface area (Å²) in [7, 11) is 0. The molecule has 0 amide bonds. The van der Waals surface area contributed by atoms with E-state index in [0.717, 1.165) is 23.3 Å². The molecule has 0 N–H and O–H groups in total. The summed E-state index contributed by atoms with van der Waals surface area (Å²) in [6.45, 7) is 2.23. The third-order valence-corrected chi connectivity index (χ3v) is 4.19. The highest BCUT2D eigenvalue weighted by Crippen LogP contribution is 2.34. The van der Waals surface area contributed by atoms with Crippen LogP contribution in [0.1, 0.15) is 37.3 Å². The second-order valence-corrected chi connectivity index (χ2v) is 6.16. The number of ether oxygens (including phenoxy) is 1. The van der Waals surface area contributed by atoms with Gasteiger partial charge in [0, 0.05) is 11.1 Å². The summed E-state index contributed by atoms with van der Waals surface area (Å²) >= 11 is 0. The number of aliphatic imine (C=N–C) groups is 1. The Morgan fingerprint density at radius 1 is 1.04 bits per heavy atom. The average molecular weight is 321 g/mol. The maximum absolute atomic E-state index is 12.4. The molecule has 0 saturated heterocycles. The van der Waals surface area contributed by atoms with E-state index < -0.39 is 6.04 Å². The van der Waals surface area contributed by atoms with Crippen molar-refractivity contribution in [2.75, 3.05) is 6.61 Å². The van der Waals surface area contributed by atoms with Gasteiger partial charge >= 0.3 is 5.97 Å². The van der Waals surface area contributed by atoms with E-state index >= 15 is 0 Å². The normalized spacial score (nSPS) is 14.7. The Morgan fingerprint density at radius 2 is 1.58 bits per heavy atom. The molecule has 2 aromatic carbocycles. The van der Waals surface area contributed by atoms with Crippen molar-refractivity contribution >= 4 is 11.7 Å². The van der Waals surface area contributed by atoms with Gasteiger partial charge in [0.2, 0.25) is 0 Å². The number of hydrogen-bond donors (Lipinski definition) is 0. The van der Waals surface area contributed by atoms with Crippen molar-refractivity contribution in [3.05, 3.63) is 71.8 Å². The van der Waals surface area contributed by atoms with Crippen LogP contribution < -0.4 is 0 Å². The Hall–Kier alpha value is -2.42. The number of carbonyl (C=O) groups is 1. The second-order valence-electron chi connectivity index (χ2n) is 6.16. The van der Waals surface area contributed by atoms with E-state index in [-0.39, 0.29) is 5.97 Å². The van der Waals surface area contributed by atoms with Crippen LogP contribution in [-0.2, 0) is 9.53 Å². The maximum atomic E-state index is 12.4. The first-order chi connectivity index (χ1) is 11.8. The Bertz CT molecular complexity index is 649. The monoisotopic (exact) mass is 321 g/mol. The first-order valence-corrected chi connectivity index (χ1v) is 8.63. The Morgan fingerprint density at radius 3 is 2.04 bits per heavy atom. The van der Waals surface area contributed by atoms with Crippen LogP contribution >= 0.6 is 0 Å². The summed E-state index contributed by atoms with van der Waals surface area (Å²) in [5.41, 5.74) is 2.90. The van der Waals surface area contributed by atoms with Crippen molar-refractivity contribution in [3.63, 3.8) is 0 Å². The van der Waals surface area contributed by atoms with Crippen LogP contribution in [0.5, 0.6) is 0 Å². The van der Waals surface area contributed by atoms with E-state index in [0.29, 0.717) is 12.5 Å². The quantitative estimate of drug-likeness (QED) is 0.565. The van der Waals surface area contributed by atoms with Crippen LogP contribution in [0.3, 0.4) is 0 Å². The van der Waals surface area contributed by atoms with Crippen LogP contribution in [0.4, 0.5) is 0 Å². The fourth-order valence-electron chi connectivity index (χ4n) is 2.77. The van der Waals surface area contributed by atoms with Crippen LogP contribution in [-0.4, -0.2) is 24.3 Å². The highest BCUT2D eigenvalue weighted by Gasteiger charge is 2.30. The van der Waals surface area contributed by atoms with E-state index in [1.807, 2.05) is 67.6 Å². The van der Waals surface area contributed by atoms with E-state index in [1.165, 1.54) is 12.8 Å². The van der Waals surface area contributed by atoms with Gasteiger partial charge in [0.05, 0.1) is 12.3 Å². The van der Waals surface area contributed by atoms with Crippen LogP contribution in [0.2, 0.25) is 0 Å². The van der Waals surface area contributed by atoms with E-state index in [1.54, 1.807) is 0 Å². The van der Waals surface area contributed by atoms with Crippen molar-refractivity contribution in [3.8, 4) is 0 Å². The molecular formula is C21H23NO2. The Labute approximate surface area is 143 Å². The average Bonchev–Trinajstić information content (AvgIpc) is 3.44. The van der Waals surface area contributed by atoms with Gasteiger partial charge in [-0.3, -0.25) is 4.99 Å². The molecule has 0 spiro atoms. The molecule has 1 unspecified atom stereocenters. The third kappa shape index (κ3) is 4.31. The molecule has 24 heavy (non-hydrogen) atoms. The predicted octanol–water partition coefficient (Wildman–Crippen LogP) is 4.26. The number of nitrogens with zero attached hydrogens (tertiary/aromatic N) is 1. The number of esters is 1. The number of hydrogen-bond acceptors (Lipinski definition) is 3. The summed E-state index contributed by atoms with van der Waals surface area (Å²) in [4.78, 5) is 17.2. The molecule has 3 heteroatoms. The zero-order chi connectivity index (χ0) is 16.8. The third-order valence-electron chi connectivity index (χ3n) is 4.19. The highest BCUT2D eigenvalue weighted by atomic mass is 16.5. The lowest BCUT2D eigenvalue weighted by Gasteiger charge is -2.15. The first kappa shape index (κ1) is 16.4. The standard InChI is InChI=1S/C21H23NO2/c1-2-24-21(23)19(15-16-13-14-16)22-20(17-9-5-3-6-10-17)18-11-7-4-8-12-18/h3-12,16,19H,2,13-15H2,1H3. The maximum Gasteiger partial charge on any atom is 0.330 e. The molecule has 1 atom stereocenters. The van der Waals surface area contributed by atoms with Crippen LogP contribution in [0, 0.1) is 5.92 Å². The van der Waals surface area contributed by atoms with Gasteiger partial charge in [-0.1, -0.05) is 73.5 Å². The molecule has 124 valence electrons. The fourth-order valence-corrected chi connectivity index (χ4v) is 2.77. The number of carbonyl (C=O) groups excluding carboxylic acids is 1. The first-order valence-electron chi connectivity index (χ1n) is 8.63. The van der Waals surface area contributed by atoms with Gasteiger partial charge in [-0.2, -0.15) is 0 Å². The summed E-state index contributed by atoms with van der Waals surface area (Å²) in [6.07, 6.45) is 3.16. The van der Waals surface area contributed by atoms with Crippen molar-refractivity contribution in [2.45, 2.75) is 32.2 Å². The molecule has 0 aliphatic heterocycles. The van der Waals surface area contributed by atoms with Crippen LogP contribution in [0.15, 0.2) is 65.7 Å². The second kappa shape index (κ2) is 7.91. The predicted molar refractivity (Wildman–Crippen MR) is 96.3 cm³/mol. The lowest BCUT2D eigenvalue weighted by Crippen LogP contribution is -2.24. The molecule has 0 aromatic heterocycles. The molecule has 0 bridgehead atoms. The van der Waals surface area contributed by atoms with Gasteiger partial charge in [0.15, 0.2) is 0 Å². The summed E-state index contributed by atoms with van der Waals surface area (Å²) < 4.78 is 5.26. The van der Waals surface area contributed by atoms with Gasteiger partial charge in [-0.25, -0.2) is 4.79 Å². The minimum atomic E-state index is -0.423. The summed E-state index contributed by atoms with van der Waals surface area (Å²) in [5, 5.41) is 0. The van der Waals surface area contributed by atoms with Crippen molar-refractivity contribution in [2.24, 2.45) is 10.9 Å². The molecule has 1 fully saturated rings. The van der Waals surface area contributed by atoms with Gasteiger partial charge in [0.1, 0.15) is 6.04 Å². The topological polar surface area (TPSA) is 38.7 Å². The number of benzene rings is 2. The minimum absolute atomic E-state index is 0.214. The molecule has 1 aliphatic rings. The van der Waals surface area contributed by atoms with Gasteiger partial charge in [-0.05, 0) is 19.3 Å². The van der Waals surface area contributed by atoms with Gasteiger partial charge < -0.3 is 4.74 Å². The van der Waals surface area contributed by atoms with E-state index in [2.05, 4.69) is 0 Å². The molecule has 1 saturated carbocycles. The fraction of sp³-hybridized carbons (Fsp3) is 0.333. The molecule has 1 aliphatic carbocycles. The van der Waals surface area contributed by atoms with Crippen molar-refractivity contribution in [1.29, 1.82) is 0 Å². The minimum Gasteiger partial charge on any atom is -0.464 e. The van der Waals surface area contributed by atoms with Crippen molar-refractivity contribution < 1.29 is 9.53 Å². The number of rotatable bonds is 7. The summed E-state index contributed by atoms with van der Waals surface area (Å²) in [6, 6.07) is 19.7. The Balaban J connectivity index is 1.98. The van der Waals surface area contributed by atoms with Gasteiger partial charge in [0.25, 0.3) is 0 Å². The Kier molecular flexibility index (Phi) is 5.42. The van der Waals surface area contributed by atoms with Crippen molar-refractivity contribution in [1.82, 2.24) is 0 Å². The lowest BCUT2D eigenvalue weighted by molar-refractivity contribution is -0.144. The van der Waals surface area contributed by atoms with Crippen LogP contribution in [0.25, 0.3) is 0 Å². The van der Waals surface area contributed by atoms with E-state index in [9.17, 15) is 4.79 Å². The molecule has 2 aromatic rings. The molecule has 0 heterocycles. The molecular weight excluding hydrogens is 298 g/mol. The molecule has 0 radical (unpaired) electrons. The van der Waals surface area contributed by atoms with Gasteiger partial charge in [-0.15, -0.1) is 0 Å².